The minimum Gasteiger partial charge on any atom is -0.364 e. The summed E-state index contributed by atoms with van der Waals surface area (Å²) >= 11 is 0. The Morgan fingerprint density at radius 2 is 2.10 bits per heavy atom. The minimum atomic E-state index is 0.163. The lowest BCUT2D eigenvalue weighted by Crippen LogP contribution is -2.27. The van der Waals surface area contributed by atoms with Crippen molar-refractivity contribution in [1.29, 1.82) is 0 Å². The Morgan fingerprint density at radius 1 is 1.25 bits per heavy atom. The molecule has 0 aromatic carbocycles. The summed E-state index contributed by atoms with van der Waals surface area (Å²) < 4.78 is 3.35. The molecule has 0 fully saturated rings. The molecule has 3 heterocycles. The van der Waals surface area contributed by atoms with E-state index in [-0.39, 0.29) is 12.1 Å². The van der Waals surface area contributed by atoms with Gasteiger partial charge in [0, 0.05) is 12.2 Å². The molecule has 2 atom stereocenters. The molecule has 8 heteroatoms. The molecule has 1 N–H and O–H groups in total. The molecule has 0 aliphatic rings. The third-order valence-electron chi connectivity index (χ3n) is 3.32. The SMILES string of the molecule is Cc1cnn([C@H](C)[C@@H](C)Nc2ccc3nnnn3n2)c1. The lowest BCUT2D eigenvalue weighted by atomic mass is 10.2. The zero-order valence-electron chi connectivity index (χ0n) is 11.6. The van der Waals surface area contributed by atoms with Crippen LogP contribution in [0.3, 0.4) is 0 Å². The first-order valence-electron chi connectivity index (χ1n) is 6.46. The summed E-state index contributed by atoms with van der Waals surface area (Å²) in [6.45, 7) is 6.23. The number of aryl methyl sites for hydroxylation is 1. The molecule has 8 nitrogen and oxygen atoms in total. The number of anilines is 1. The van der Waals surface area contributed by atoms with Gasteiger partial charge in [0.15, 0.2) is 5.65 Å². The van der Waals surface area contributed by atoms with Crippen molar-refractivity contribution in [3.05, 3.63) is 30.1 Å². The van der Waals surface area contributed by atoms with Crippen molar-refractivity contribution in [2.45, 2.75) is 32.9 Å². The first kappa shape index (κ1) is 12.5. The summed E-state index contributed by atoms with van der Waals surface area (Å²) in [5, 5.41) is 23.1. The van der Waals surface area contributed by atoms with Gasteiger partial charge >= 0.3 is 0 Å². The van der Waals surface area contributed by atoms with Crippen LogP contribution in [0.5, 0.6) is 0 Å². The average molecular weight is 272 g/mol. The van der Waals surface area contributed by atoms with Crippen LogP contribution < -0.4 is 5.32 Å². The maximum absolute atomic E-state index is 4.34. The Labute approximate surface area is 115 Å². The van der Waals surface area contributed by atoms with Crippen LogP contribution >= 0.6 is 0 Å². The monoisotopic (exact) mass is 272 g/mol. The smallest absolute Gasteiger partial charge is 0.200 e. The van der Waals surface area contributed by atoms with E-state index in [4.69, 9.17) is 0 Å². The molecule has 0 unspecified atom stereocenters. The largest absolute Gasteiger partial charge is 0.364 e. The van der Waals surface area contributed by atoms with Gasteiger partial charge in [0.05, 0.1) is 12.2 Å². The number of aromatic nitrogens is 7. The number of rotatable bonds is 4. The zero-order valence-corrected chi connectivity index (χ0v) is 11.6. The quantitative estimate of drug-likeness (QED) is 0.765. The van der Waals surface area contributed by atoms with Gasteiger partial charge in [-0.25, -0.2) is 0 Å². The molecule has 104 valence electrons. The van der Waals surface area contributed by atoms with Gasteiger partial charge < -0.3 is 5.32 Å². The number of hydrogen-bond acceptors (Lipinski definition) is 6. The zero-order chi connectivity index (χ0) is 14.1. The Bertz CT molecular complexity index is 715. The standard InChI is InChI=1S/C12H16N8/c1-8-6-13-19(7-8)10(3)9(2)14-11-4-5-12-15-17-18-20(12)16-11/h4-7,9-10H,1-3H3,(H,14,16)/t9-,10-/m1/s1. The van der Waals surface area contributed by atoms with E-state index in [0.29, 0.717) is 5.65 Å². The van der Waals surface area contributed by atoms with Crippen molar-refractivity contribution < 1.29 is 0 Å². The van der Waals surface area contributed by atoms with Crippen molar-refractivity contribution in [2.24, 2.45) is 0 Å². The predicted octanol–water partition coefficient (Wildman–Crippen LogP) is 1.09. The summed E-state index contributed by atoms with van der Waals surface area (Å²) in [6.07, 6.45) is 3.88. The fourth-order valence-electron chi connectivity index (χ4n) is 1.97. The van der Waals surface area contributed by atoms with Crippen molar-refractivity contribution in [2.75, 3.05) is 5.32 Å². The Hall–Kier alpha value is -2.51. The molecule has 0 bridgehead atoms. The first-order chi connectivity index (χ1) is 9.63. The molecule has 0 aliphatic carbocycles. The van der Waals surface area contributed by atoms with E-state index in [9.17, 15) is 0 Å². The summed E-state index contributed by atoms with van der Waals surface area (Å²) in [5.74, 6) is 0.730. The minimum absolute atomic E-state index is 0.163. The van der Waals surface area contributed by atoms with Gasteiger partial charge in [0.2, 0.25) is 0 Å². The topological polar surface area (TPSA) is 85.8 Å². The maximum Gasteiger partial charge on any atom is 0.200 e. The molecule has 0 aliphatic heterocycles. The number of nitrogens with zero attached hydrogens (tertiary/aromatic N) is 7. The lowest BCUT2D eigenvalue weighted by molar-refractivity contribution is 0.442. The van der Waals surface area contributed by atoms with Crippen LogP contribution in [-0.4, -0.2) is 41.1 Å². The van der Waals surface area contributed by atoms with Gasteiger partial charge in [-0.1, -0.05) is 0 Å². The molecule has 3 rings (SSSR count). The molecule has 0 radical (unpaired) electrons. The second-order valence-corrected chi connectivity index (χ2v) is 4.92. The summed E-state index contributed by atoms with van der Waals surface area (Å²) in [4.78, 5) is 0. The van der Waals surface area contributed by atoms with Crippen LogP contribution in [0.4, 0.5) is 5.82 Å². The van der Waals surface area contributed by atoms with E-state index in [1.165, 1.54) is 4.63 Å². The first-order valence-corrected chi connectivity index (χ1v) is 6.46. The van der Waals surface area contributed by atoms with Gasteiger partial charge in [-0.05, 0) is 48.9 Å². The number of hydrogen-bond donors (Lipinski definition) is 1. The van der Waals surface area contributed by atoms with E-state index < -0.39 is 0 Å². The van der Waals surface area contributed by atoms with E-state index in [1.54, 1.807) is 0 Å². The van der Waals surface area contributed by atoms with Crippen LogP contribution in [0.15, 0.2) is 24.5 Å². The highest BCUT2D eigenvalue weighted by atomic mass is 15.6. The highest BCUT2D eigenvalue weighted by Crippen LogP contribution is 2.15. The fourth-order valence-corrected chi connectivity index (χ4v) is 1.97. The molecule has 3 aromatic rings. The fraction of sp³-hybridized carbons (Fsp3) is 0.417. The third-order valence-corrected chi connectivity index (χ3v) is 3.32. The Morgan fingerprint density at radius 3 is 2.85 bits per heavy atom. The van der Waals surface area contributed by atoms with Gasteiger partial charge in [-0.15, -0.1) is 14.8 Å². The van der Waals surface area contributed by atoms with E-state index in [1.807, 2.05) is 36.1 Å². The van der Waals surface area contributed by atoms with Crippen molar-refractivity contribution in [3.63, 3.8) is 0 Å². The van der Waals surface area contributed by atoms with Gasteiger partial charge in [0.25, 0.3) is 0 Å². The van der Waals surface area contributed by atoms with Crippen molar-refractivity contribution in [1.82, 2.24) is 35.0 Å². The predicted molar refractivity (Wildman–Crippen MR) is 73.3 cm³/mol. The summed E-state index contributed by atoms with van der Waals surface area (Å²) in [6, 6.07) is 4.06. The second kappa shape index (κ2) is 4.87. The molecule has 20 heavy (non-hydrogen) atoms. The van der Waals surface area contributed by atoms with E-state index >= 15 is 0 Å². The number of tetrazole rings is 1. The molecule has 0 saturated carbocycles. The summed E-state index contributed by atoms with van der Waals surface area (Å²) in [7, 11) is 0. The van der Waals surface area contributed by atoms with Gasteiger partial charge in [-0.3, -0.25) is 4.68 Å². The molecular weight excluding hydrogens is 256 g/mol. The molecule has 0 spiro atoms. The van der Waals surface area contributed by atoms with E-state index in [0.717, 1.165) is 11.4 Å². The Balaban J connectivity index is 1.75. The van der Waals surface area contributed by atoms with Crippen LogP contribution in [-0.2, 0) is 0 Å². The summed E-state index contributed by atoms with van der Waals surface area (Å²) in [5.41, 5.74) is 1.77. The van der Waals surface area contributed by atoms with Crippen LogP contribution in [0.1, 0.15) is 25.5 Å². The van der Waals surface area contributed by atoms with Crippen LogP contribution in [0.25, 0.3) is 5.65 Å². The van der Waals surface area contributed by atoms with Crippen LogP contribution in [0.2, 0.25) is 0 Å². The van der Waals surface area contributed by atoms with Crippen molar-refractivity contribution >= 4 is 11.5 Å². The number of nitrogens with one attached hydrogen (secondary N) is 1. The molecule has 0 amide bonds. The van der Waals surface area contributed by atoms with Crippen LogP contribution in [0, 0.1) is 6.92 Å². The second-order valence-electron chi connectivity index (χ2n) is 4.92. The third kappa shape index (κ3) is 2.31. The van der Waals surface area contributed by atoms with Gasteiger partial charge in [0.1, 0.15) is 5.82 Å². The highest BCUT2D eigenvalue weighted by molar-refractivity contribution is 5.42. The molecule has 0 saturated heterocycles. The Kier molecular flexibility index (Phi) is 3.05. The number of fused-ring (bicyclic) bond motifs is 1. The normalized spacial score (nSPS) is 14.3. The molecule has 3 aromatic heterocycles. The van der Waals surface area contributed by atoms with E-state index in [2.05, 4.69) is 44.9 Å². The molecular formula is C12H16N8. The lowest BCUT2D eigenvalue weighted by Gasteiger charge is -2.22. The maximum atomic E-state index is 4.34. The van der Waals surface area contributed by atoms with Crippen molar-refractivity contribution in [3.8, 4) is 0 Å². The highest BCUT2D eigenvalue weighted by Gasteiger charge is 2.15. The van der Waals surface area contributed by atoms with Gasteiger partial charge in [-0.2, -0.15) is 5.10 Å². The average Bonchev–Trinajstić information content (AvgIpc) is 3.05.